The number of nitrogens with one attached hydrogen (secondary N) is 2. The molecule has 3 aromatic rings. The minimum Gasteiger partial charge on any atom is -0.349 e. The van der Waals surface area contributed by atoms with Gasteiger partial charge >= 0.3 is 0 Å². The van der Waals surface area contributed by atoms with Crippen LogP contribution in [0.2, 0.25) is 0 Å². The minimum atomic E-state index is -2.69. The summed E-state index contributed by atoms with van der Waals surface area (Å²) in [7, 11) is 1.50. The first-order valence-electron chi connectivity index (χ1n) is 10.9. The number of carbonyl (C=O) groups excluding carboxylic acids is 3. The Balaban J connectivity index is 1.54. The number of amides is 3. The van der Waals surface area contributed by atoms with Crippen LogP contribution >= 0.6 is 0 Å². The first-order valence-corrected chi connectivity index (χ1v) is 10.9. The summed E-state index contributed by atoms with van der Waals surface area (Å²) >= 11 is 0. The number of halogens is 3. The van der Waals surface area contributed by atoms with Crippen LogP contribution in [0.1, 0.15) is 16.7 Å². The fraction of sp³-hybridized carbons (Fsp3) is 0.154. The van der Waals surface area contributed by atoms with Crippen molar-refractivity contribution in [1.29, 1.82) is 0 Å². The molecular formula is C26H21F3N4O3. The number of nitrogens with zero attached hydrogens (tertiary/aromatic N) is 2. The number of fused-ring (bicyclic) bond motifs is 1. The summed E-state index contributed by atoms with van der Waals surface area (Å²) in [4.78, 5) is 43.5. The van der Waals surface area contributed by atoms with Crippen molar-refractivity contribution in [2.45, 2.75) is 18.9 Å². The Bertz CT molecular complexity index is 1330. The predicted octanol–water partition coefficient (Wildman–Crippen LogP) is 2.88. The van der Waals surface area contributed by atoms with Gasteiger partial charge in [-0.25, -0.2) is 18.2 Å². The van der Waals surface area contributed by atoms with Crippen LogP contribution in [0.15, 0.2) is 77.8 Å². The first-order chi connectivity index (χ1) is 17.2. The molecule has 1 aliphatic heterocycles. The number of benzodiazepines with no additional fused rings is 1. The molecule has 3 amide bonds. The molecule has 184 valence electrons. The van der Waals surface area contributed by atoms with Crippen LogP contribution in [0.4, 0.5) is 18.9 Å². The number of hydrogen-bond acceptors (Lipinski definition) is 4. The van der Waals surface area contributed by atoms with E-state index in [9.17, 15) is 27.6 Å². The topological polar surface area (TPSA) is 90.9 Å². The fourth-order valence-corrected chi connectivity index (χ4v) is 3.76. The van der Waals surface area contributed by atoms with Crippen molar-refractivity contribution in [3.63, 3.8) is 0 Å². The van der Waals surface area contributed by atoms with Crippen LogP contribution in [0.5, 0.6) is 0 Å². The highest BCUT2D eigenvalue weighted by Gasteiger charge is 2.34. The smallest absolute Gasteiger partial charge is 0.272 e. The number of alkyl halides is 1. The summed E-state index contributed by atoms with van der Waals surface area (Å²) < 4.78 is 41.3. The van der Waals surface area contributed by atoms with Crippen molar-refractivity contribution in [1.82, 2.24) is 10.6 Å². The number of para-hydroxylation sites is 1. The Morgan fingerprint density at radius 1 is 0.972 bits per heavy atom. The summed E-state index contributed by atoms with van der Waals surface area (Å²) in [6.07, 6.45) is -4.20. The van der Waals surface area contributed by atoms with Crippen molar-refractivity contribution >= 4 is 29.1 Å². The molecule has 1 aliphatic rings. The van der Waals surface area contributed by atoms with Crippen LogP contribution in [0, 0.1) is 11.6 Å². The van der Waals surface area contributed by atoms with Gasteiger partial charge in [-0.3, -0.25) is 14.4 Å². The van der Waals surface area contributed by atoms with Crippen LogP contribution in [0.25, 0.3) is 0 Å². The Morgan fingerprint density at radius 2 is 1.61 bits per heavy atom. The van der Waals surface area contributed by atoms with Gasteiger partial charge in [0.25, 0.3) is 23.9 Å². The number of hydrogen-bond donors (Lipinski definition) is 2. The summed E-state index contributed by atoms with van der Waals surface area (Å²) in [5, 5.41) is 4.31. The van der Waals surface area contributed by atoms with Crippen LogP contribution < -0.4 is 15.5 Å². The number of likely N-dealkylation sites (N-methyl/N-ethyl adjacent to an activating group) is 1. The Morgan fingerprint density at radius 3 is 2.31 bits per heavy atom. The third kappa shape index (κ3) is 5.27. The van der Waals surface area contributed by atoms with E-state index in [1.54, 1.807) is 48.5 Å². The van der Waals surface area contributed by atoms with Crippen molar-refractivity contribution in [2.75, 3.05) is 11.9 Å². The number of anilines is 1. The molecule has 0 aromatic heterocycles. The number of benzene rings is 3. The van der Waals surface area contributed by atoms with Gasteiger partial charge in [-0.2, -0.15) is 0 Å². The third-order valence-electron chi connectivity index (χ3n) is 5.52. The second-order valence-corrected chi connectivity index (χ2v) is 8.03. The van der Waals surface area contributed by atoms with Gasteiger partial charge in [0.2, 0.25) is 6.17 Å². The van der Waals surface area contributed by atoms with Gasteiger partial charge in [-0.15, -0.1) is 0 Å². The summed E-state index contributed by atoms with van der Waals surface area (Å²) in [6, 6.07) is 18.6. The molecule has 0 saturated carbocycles. The molecule has 2 atom stereocenters. The molecule has 1 heterocycles. The average Bonchev–Trinajstić information content (AvgIpc) is 2.97. The molecule has 3 aromatic carbocycles. The first kappa shape index (κ1) is 24.6. The normalized spacial score (nSPS) is 15.9. The van der Waals surface area contributed by atoms with Crippen LogP contribution in [-0.4, -0.2) is 42.8 Å². The molecule has 0 radical (unpaired) electrons. The number of carbonyl (C=O) groups is 3. The zero-order valence-corrected chi connectivity index (χ0v) is 19.0. The molecule has 2 unspecified atom stereocenters. The molecule has 0 fully saturated rings. The van der Waals surface area contributed by atoms with Gasteiger partial charge in [-0.05, 0) is 23.8 Å². The maximum atomic E-state index is 14.7. The van der Waals surface area contributed by atoms with E-state index in [-0.39, 0.29) is 5.56 Å². The van der Waals surface area contributed by atoms with Gasteiger partial charge in [0, 0.05) is 30.8 Å². The molecule has 10 heteroatoms. The number of aliphatic imine (C=N–C) groups is 1. The molecule has 7 nitrogen and oxygen atoms in total. The molecule has 36 heavy (non-hydrogen) atoms. The van der Waals surface area contributed by atoms with E-state index in [2.05, 4.69) is 15.6 Å². The minimum absolute atomic E-state index is 0.0453. The second kappa shape index (κ2) is 10.4. The standard InChI is InChI=1S/C26H21F3N4O3/c1-33-20-10-6-5-9-19(20)22(16-7-3-2-4-8-16)31-23(26(33)36)32-25(35)21(29)24(34)30-14-15-11-17(27)13-18(28)12-15/h2-13,21,23H,14H2,1H3,(H,30,34)(H,32,35). The molecular weight excluding hydrogens is 473 g/mol. The van der Waals surface area contributed by atoms with E-state index in [0.29, 0.717) is 28.6 Å². The SMILES string of the molecule is CN1C(=O)C(NC(=O)C(F)C(=O)NCc2cc(F)cc(F)c2)N=C(c2ccccc2)c2ccccc21. The fourth-order valence-electron chi connectivity index (χ4n) is 3.76. The van der Waals surface area contributed by atoms with E-state index >= 15 is 0 Å². The molecule has 0 bridgehead atoms. The average molecular weight is 494 g/mol. The van der Waals surface area contributed by atoms with Crippen LogP contribution in [-0.2, 0) is 20.9 Å². The molecule has 4 rings (SSSR count). The lowest BCUT2D eigenvalue weighted by molar-refractivity contribution is -0.138. The van der Waals surface area contributed by atoms with E-state index in [4.69, 9.17) is 0 Å². The van der Waals surface area contributed by atoms with Crippen LogP contribution in [0.3, 0.4) is 0 Å². The van der Waals surface area contributed by atoms with Gasteiger partial charge < -0.3 is 15.5 Å². The van der Waals surface area contributed by atoms with Crippen molar-refractivity contribution < 1.29 is 27.6 Å². The summed E-state index contributed by atoms with van der Waals surface area (Å²) in [5.41, 5.74) is 2.29. The van der Waals surface area contributed by atoms with E-state index in [1.807, 2.05) is 6.07 Å². The van der Waals surface area contributed by atoms with Crippen molar-refractivity contribution in [3.8, 4) is 0 Å². The van der Waals surface area contributed by atoms with Gasteiger partial charge in [-0.1, -0.05) is 48.5 Å². The quantitative estimate of drug-likeness (QED) is 0.517. The monoisotopic (exact) mass is 494 g/mol. The molecule has 2 N–H and O–H groups in total. The highest BCUT2D eigenvalue weighted by molar-refractivity contribution is 6.20. The van der Waals surface area contributed by atoms with E-state index in [0.717, 1.165) is 12.1 Å². The second-order valence-electron chi connectivity index (χ2n) is 8.03. The molecule has 0 spiro atoms. The number of rotatable bonds is 6. The molecule has 0 aliphatic carbocycles. The Labute approximate surface area is 204 Å². The van der Waals surface area contributed by atoms with E-state index < -0.39 is 48.2 Å². The Kier molecular flexibility index (Phi) is 7.14. The Hall–Kier alpha value is -4.47. The zero-order chi connectivity index (χ0) is 25.8. The lowest BCUT2D eigenvalue weighted by Gasteiger charge is -2.21. The highest BCUT2D eigenvalue weighted by atomic mass is 19.1. The lowest BCUT2D eigenvalue weighted by Crippen LogP contribution is -2.51. The van der Waals surface area contributed by atoms with Gasteiger partial charge in [0.1, 0.15) is 11.6 Å². The zero-order valence-electron chi connectivity index (χ0n) is 19.0. The third-order valence-corrected chi connectivity index (χ3v) is 5.52. The van der Waals surface area contributed by atoms with Crippen molar-refractivity contribution in [2.24, 2.45) is 4.99 Å². The summed E-state index contributed by atoms with van der Waals surface area (Å²) in [6.45, 7) is -0.405. The maximum absolute atomic E-state index is 14.7. The van der Waals surface area contributed by atoms with Crippen molar-refractivity contribution in [3.05, 3.63) is 101 Å². The predicted molar refractivity (Wildman–Crippen MR) is 127 cm³/mol. The summed E-state index contributed by atoms with van der Waals surface area (Å²) in [5.74, 6) is -5.07. The molecule has 0 saturated heterocycles. The van der Waals surface area contributed by atoms with E-state index in [1.165, 1.54) is 11.9 Å². The maximum Gasteiger partial charge on any atom is 0.272 e. The highest BCUT2D eigenvalue weighted by Crippen LogP contribution is 2.27. The van der Waals surface area contributed by atoms with Gasteiger partial charge in [0.15, 0.2) is 0 Å². The largest absolute Gasteiger partial charge is 0.349 e. The lowest BCUT2D eigenvalue weighted by atomic mass is 10.0. The van der Waals surface area contributed by atoms with Gasteiger partial charge in [0.05, 0.1) is 11.4 Å².